The molecule has 0 spiro atoms. The van der Waals surface area contributed by atoms with Crippen molar-refractivity contribution in [2.75, 3.05) is 0 Å². The lowest BCUT2D eigenvalue weighted by molar-refractivity contribution is 0.307. The van der Waals surface area contributed by atoms with Crippen molar-refractivity contribution in [3.8, 4) is 12.1 Å². The van der Waals surface area contributed by atoms with Gasteiger partial charge in [0, 0.05) is 29.8 Å². The molecule has 0 aromatic heterocycles. The fourth-order valence-electron chi connectivity index (χ4n) is 4.41. The zero-order chi connectivity index (χ0) is 17.1. The van der Waals surface area contributed by atoms with Crippen molar-refractivity contribution in [3.05, 3.63) is 72.4 Å². The van der Waals surface area contributed by atoms with Crippen molar-refractivity contribution < 1.29 is 0 Å². The molecule has 3 heteroatoms. The quantitative estimate of drug-likeness (QED) is 0.678. The Balaban J connectivity index is 2.16. The SMILES string of the molecule is C=C[C@@H]1C(=C(C#N)C#N)[C@H]([C@@H](C=C)c2ccccc2)[C@H]2CC[C@@H]1N2. The summed E-state index contributed by atoms with van der Waals surface area (Å²) in [7, 11) is 0. The van der Waals surface area contributed by atoms with Crippen LogP contribution in [0, 0.1) is 34.5 Å². The molecule has 24 heavy (non-hydrogen) atoms. The van der Waals surface area contributed by atoms with E-state index < -0.39 is 0 Å². The van der Waals surface area contributed by atoms with Gasteiger partial charge in [0.1, 0.15) is 17.7 Å². The molecular formula is C21H21N3. The van der Waals surface area contributed by atoms with E-state index in [4.69, 9.17) is 0 Å². The first-order valence-corrected chi connectivity index (χ1v) is 8.35. The number of hydrogen-bond donors (Lipinski definition) is 1. The van der Waals surface area contributed by atoms with Crippen molar-refractivity contribution in [1.82, 2.24) is 5.32 Å². The van der Waals surface area contributed by atoms with Crippen LogP contribution in [-0.4, -0.2) is 12.1 Å². The number of benzene rings is 1. The lowest BCUT2D eigenvalue weighted by Gasteiger charge is -2.41. The highest BCUT2D eigenvalue weighted by Gasteiger charge is 2.47. The Morgan fingerprint density at radius 3 is 2.38 bits per heavy atom. The molecule has 1 N–H and O–H groups in total. The summed E-state index contributed by atoms with van der Waals surface area (Å²) < 4.78 is 0. The smallest absolute Gasteiger partial charge is 0.129 e. The molecule has 2 fully saturated rings. The molecule has 0 aliphatic carbocycles. The van der Waals surface area contributed by atoms with Crippen LogP contribution in [0.3, 0.4) is 0 Å². The van der Waals surface area contributed by atoms with Crippen LogP contribution in [0.15, 0.2) is 66.8 Å². The van der Waals surface area contributed by atoms with Crippen molar-refractivity contribution in [3.63, 3.8) is 0 Å². The van der Waals surface area contributed by atoms with Gasteiger partial charge in [0.25, 0.3) is 0 Å². The van der Waals surface area contributed by atoms with Crippen LogP contribution in [0.4, 0.5) is 0 Å². The maximum absolute atomic E-state index is 9.52. The van der Waals surface area contributed by atoms with Gasteiger partial charge in [0.2, 0.25) is 0 Å². The third-order valence-corrected chi connectivity index (χ3v) is 5.39. The van der Waals surface area contributed by atoms with E-state index in [0.29, 0.717) is 0 Å². The second-order valence-electron chi connectivity index (χ2n) is 6.47. The van der Waals surface area contributed by atoms with Gasteiger partial charge in [-0.05, 0) is 24.0 Å². The number of hydrogen-bond acceptors (Lipinski definition) is 3. The van der Waals surface area contributed by atoms with Crippen LogP contribution >= 0.6 is 0 Å². The fourth-order valence-corrected chi connectivity index (χ4v) is 4.41. The largest absolute Gasteiger partial charge is 0.310 e. The summed E-state index contributed by atoms with van der Waals surface area (Å²) in [6.45, 7) is 8.03. The average molecular weight is 315 g/mol. The standard InChI is InChI=1S/C21H21N3/c1-3-16(14-8-6-5-7-9-14)21-19-11-10-18(24-19)17(4-2)20(21)15(12-22)13-23/h3-9,16-19,21,24H,1-2,10-11H2/t16-,17-,18-,19+,21+/m0/s1. The summed E-state index contributed by atoms with van der Waals surface area (Å²) in [4.78, 5) is 0. The van der Waals surface area contributed by atoms with Crippen LogP contribution in [0.25, 0.3) is 0 Å². The molecule has 0 amide bonds. The molecule has 2 heterocycles. The lowest BCUT2D eigenvalue weighted by Crippen LogP contribution is -2.48. The normalized spacial score (nSPS) is 29.2. The molecule has 3 rings (SSSR count). The summed E-state index contributed by atoms with van der Waals surface area (Å²) in [6.07, 6.45) is 5.93. The maximum atomic E-state index is 9.52. The van der Waals surface area contributed by atoms with Gasteiger partial charge in [-0.3, -0.25) is 0 Å². The van der Waals surface area contributed by atoms with Gasteiger partial charge in [0.05, 0.1) is 0 Å². The van der Waals surface area contributed by atoms with Gasteiger partial charge in [-0.25, -0.2) is 0 Å². The molecule has 2 bridgehead atoms. The lowest BCUT2D eigenvalue weighted by atomic mass is 9.69. The predicted octanol–water partition coefficient (Wildman–Crippen LogP) is 3.85. The Bertz CT molecular complexity index is 732. The van der Waals surface area contributed by atoms with Crippen LogP contribution < -0.4 is 5.32 Å². The molecule has 5 atom stereocenters. The predicted molar refractivity (Wildman–Crippen MR) is 94.8 cm³/mol. The first-order chi connectivity index (χ1) is 11.7. The van der Waals surface area contributed by atoms with E-state index in [1.165, 1.54) is 5.56 Å². The molecular weight excluding hydrogens is 294 g/mol. The molecule has 0 saturated carbocycles. The molecule has 2 aliphatic rings. The number of nitrogens with zero attached hydrogens (tertiary/aromatic N) is 2. The monoisotopic (exact) mass is 315 g/mol. The Kier molecular flexibility index (Phi) is 4.65. The van der Waals surface area contributed by atoms with Crippen LogP contribution in [0.2, 0.25) is 0 Å². The van der Waals surface area contributed by atoms with Crippen molar-refractivity contribution in [1.29, 1.82) is 10.5 Å². The van der Waals surface area contributed by atoms with Crippen molar-refractivity contribution in [2.24, 2.45) is 11.8 Å². The van der Waals surface area contributed by atoms with Gasteiger partial charge in [-0.1, -0.05) is 42.5 Å². The van der Waals surface area contributed by atoms with E-state index in [1.807, 2.05) is 30.4 Å². The summed E-state index contributed by atoms with van der Waals surface area (Å²) in [6, 6.07) is 15.0. The third kappa shape index (κ3) is 2.58. The minimum atomic E-state index is 0.0224. The number of fused-ring (bicyclic) bond motifs is 2. The van der Waals surface area contributed by atoms with Crippen LogP contribution in [0.1, 0.15) is 24.3 Å². The maximum Gasteiger partial charge on any atom is 0.129 e. The van der Waals surface area contributed by atoms with E-state index in [1.54, 1.807) is 0 Å². The minimum absolute atomic E-state index is 0.0224. The number of allylic oxidation sites excluding steroid dienone is 2. The second kappa shape index (κ2) is 6.87. The fraction of sp³-hybridized carbons (Fsp3) is 0.333. The third-order valence-electron chi connectivity index (χ3n) is 5.39. The first kappa shape index (κ1) is 16.2. The number of nitrogens with one attached hydrogen (secondary N) is 1. The van der Waals surface area contributed by atoms with E-state index in [0.717, 1.165) is 18.4 Å². The number of rotatable bonds is 4. The molecule has 3 nitrogen and oxygen atoms in total. The molecule has 2 aliphatic heterocycles. The summed E-state index contributed by atoms with van der Waals surface area (Å²) >= 11 is 0. The highest BCUT2D eigenvalue weighted by atomic mass is 15.0. The minimum Gasteiger partial charge on any atom is -0.310 e. The van der Waals surface area contributed by atoms with Crippen LogP contribution in [-0.2, 0) is 0 Å². The van der Waals surface area contributed by atoms with Crippen LogP contribution in [0.5, 0.6) is 0 Å². The van der Waals surface area contributed by atoms with Gasteiger partial charge < -0.3 is 5.32 Å². The van der Waals surface area contributed by atoms with E-state index >= 15 is 0 Å². The van der Waals surface area contributed by atoms with Gasteiger partial charge in [-0.15, -0.1) is 13.2 Å². The summed E-state index contributed by atoms with van der Waals surface area (Å²) in [5, 5.41) is 22.7. The first-order valence-electron chi connectivity index (χ1n) is 8.35. The number of nitriles is 2. The zero-order valence-corrected chi connectivity index (χ0v) is 13.7. The highest BCUT2D eigenvalue weighted by molar-refractivity contribution is 5.48. The molecule has 1 aromatic carbocycles. The van der Waals surface area contributed by atoms with Gasteiger partial charge >= 0.3 is 0 Å². The Morgan fingerprint density at radius 1 is 1.12 bits per heavy atom. The Labute approximate surface area is 143 Å². The molecule has 120 valence electrons. The molecule has 1 aromatic rings. The number of piperidine rings is 1. The summed E-state index contributed by atoms with van der Waals surface area (Å²) in [5.74, 6) is 0.145. The highest BCUT2D eigenvalue weighted by Crippen LogP contribution is 2.47. The molecule has 0 unspecified atom stereocenters. The van der Waals surface area contributed by atoms with E-state index in [9.17, 15) is 10.5 Å². The van der Waals surface area contributed by atoms with Crippen molar-refractivity contribution in [2.45, 2.75) is 30.8 Å². The van der Waals surface area contributed by atoms with Gasteiger partial charge in [-0.2, -0.15) is 10.5 Å². The second-order valence-corrected chi connectivity index (χ2v) is 6.47. The average Bonchev–Trinajstić information content (AvgIpc) is 3.05. The topological polar surface area (TPSA) is 59.6 Å². The zero-order valence-electron chi connectivity index (χ0n) is 13.7. The Morgan fingerprint density at radius 2 is 1.79 bits per heavy atom. The molecule has 2 saturated heterocycles. The van der Waals surface area contributed by atoms with Crippen molar-refractivity contribution >= 4 is 0 Å². The summed E-state index contributed by atoms with van der Waals surface area (Å²) in [5.41, 5.74) is 2.35. The Hall–Kier alpha value is -2.62. The van der Waals surface area contributed by atoms with E-state index in [2.05, 4.69) is 42.7 Å². The molecule has 0 radical (unpaired) electrons. The van der Waals surface area contributed by atoms with Gasteiger partial charge in [0.15, 0.2) is 0 Å². The van der Waals surface area contributed by atoms with E-state index in [-0.39, 0.29) is 35.4 Å².